The van der Waals surface area contributed by atoms with Crippen LogP contribution >= 0.6 is 0 Å². The van der Waals surface area contributed by atoms with E-state index >= 15 is 0 Å². The maximum Gasteiger partial charge on any atom is 0.212 e. The number of nitrogens with one attached hydrogen (secondary N) is 2. The van der Waals surface area contributed by atoms with E-state index in [0.717, 1.165) is 30.2 Å². The summed E-state index contributed by atoms with van der Waals surface area (Å²) < 4.78 is 6.20. The fraction of sp³-hybridized carbons (Fsp3) is 0.550. The third-order valence-electron chi connectivity index (χ3n) is 5.22. The highest BCUT2D eigenvalue weighted by molar-refractivity contribution is 5.71. The fourth-order valence-corrected chi connectivity index (χ4v) is 3.12. The number of hydrogen-bond donors (Lipinski definition) is 2. The molecule has 0 spiro atoms. The van der Waals surface area contributed by atoms with E-state index in [2.05, 4.69) is 60.5 Å². The summed E-state index contributed by atoms with van der Waals surface area (Å²) in [4.78, 5) is 4.43. The predicted molar refractivity (Wildman–Crippen MR) is 102 cm³/mol. The van der Waals surface area contributed by atoms with Crippen LogP contribution in [-0.2, 0) is 4.74 Å². The van der Waals surface area contributed by atoms with Crippen molar-refractivity contribution in [2.24, 2.45) is 16.8 Å². The Kier molecular flexibility index (Phi) is 5.63. The summed E-state index contributed by atoms with van der Waals surface area (Å²) in [7, 11) is 0. The minimum absolute atomic E-state index is 0.0117. The first-order valence-electron chi connectivity index (χ1n) is 9.32. The Bertz CT molecular complexity index is 626. The second kappa shape index (κ2) is 7.91. The Morgan fingerprint density at radius 3 is 2.92 bits per heavy atom. The van der Waals surface area contributed by atoms with E-state index in [-0.39, 0.29) is 6.10 Å². The SMILES string of the molecule is C=C/C=N\C(OC1C=C2NNN(CC3CCC3)C2=CC1)=C(/C)C(C)C. The molecular formula is C20H30N4O. The van der Waals surface area contributed by atoms with E-state index in [0.29, 0.717) is 11.8 Å². The second-order valence-corrected chi connectivity index (χ2v) is 7.36. The third kappa shape index (κ3) is 4.15. The van der Waals surface area contributed by atoms with Crippen LogP contribution in [-0.4, -0.2) is 23.9 Å². The second-order valence-electron chi connectivity index (χ2n) is 7.36. The summed E-state index contributed by atoms with van der Waals surface area (Å²) >= 11 is 0. The number of rotatable bonds is 7. The zero-order valence-corrected chi connectivity index (χ0v) is 15.6. The van der Waals surface area contributed by atoms with Crippen LogP contribution in [0.5, 0.6) is 0 Å². The number of aliphatic imine (C=N–C) groups is 1. The maximum atomic E-state index is 6.20. The molecule has 1 saturated heterocycles. The average molecular weight is 342 g/mol. The topological polar surface area (TPSA) is 48.9 Å². The lowest BCUT2D eigenvalue weighted by atomic mass is 9.85. The quantitative estimate of drug-likeness (QED) is 0.546. The molecule has 0 bridgehead atoms. The number of hydrogen-bond acceptors (Lipinski definition) is 5. The number of hydrazine groups is 2. The van der Waals surface area contributed by atoms with Gasteiger partial charge >= 0.3 is 0 Å². The fourth-order valence-electron chi connectivity index (χ4n) is 3.12. The highest BCUT2D eigenvalue weighted by Gasteiger charge is 2.30. The molecule has 0 aromatic carbocycles. The van der Waals surface area contributed by atoms with Crippen molar-refractivity contribution in [3.63, 3.8) is 0 Å². The van der Waals surface area contributed by atoms with Crippen LogP contribution in [0.25, 0.3) is 0 Å². The van der Waals surface area contributed by atoms with Gasteiger partial charge in [0, 0.05) is 19.2 Å². The van der Waals surface area contributed by atoms with Gasteiger partial charge in [-0.15, -0.1) is 5.53 Å². The molecule has 0 amide bonds. The van der Waals surface area contributed by atoms with Gasteiger partial charge in [0.2, 0.25) is 5.88 Å². The van der Waals surface area contributed by atoms with Crippen LogP contribution in [0.4, 0.5) is 0 Å². The van der Waals surface area contributed by atoms with Crippen molar-refractivity contribution in [3.8, 4) is 0 Å². The van der Waals surface area contributed by atoms with E-state index in [1.807, 2.05) is 0 Å². The molecule has 0 radical (unpaired) electrons. The zero-order chi connectivity index (χ0) is 17.8. The number of ether oxygens (including phenoxy) is 1. The van der Waals surface area contributed by atoms with Gasteiger partial charge in [0.15, 0.2) is 0 Å². The summed E-state index contributed by atoms with van der Waals surface area (Å²) in [5.74, 6) is 1.91. The molecule has 136 valence electrons. The molecule has 5 heteroatoms. The first kappa shape index (κ1) is 17.8. The van der Waals surface area contributed by atoms with E-state index < -0.39 is 0 Å². The molecule has 2 fully saturated rings. The zero-order valence-electron chi connectivity index (χ0n) is 15.6. The highest BCUT2D eigenvalue weighted by Crippen LogP contribution is 2.32. The number of nitrogens with zero attached hydrogens (tertiary/aromatic N) is 2. The smallest absolute Gasteiger partial charge is 0.212 e. The lowest BCUT2D eigenvalue weighted by molar-refractivity contribution is 0.146. The molecule has 1 unspecified atom stereocenters. The standard InChI is InChI=1S/C20H30N4O/c1-5-11-21-20(15(4)14(2)3)25-17-9-10-19-18(12-17)22-23-24(19)13-16-7-6-8-16/h5,10-12,14,16-17,22-23H,1,6-9,13H2,2-4H3/b20-15-,21-11-. The first-order valence-corrected chi connectivity index (χ1v) is 9.32. The molecule has 5 nitrogen and oxygen atoms in total. The predicted octanol–water partition coefficient (Wildman–Crippen LogP) is 3.81. The molecular weight excluding hydrogens is 312 g/mol. The largest absolute Gasteiger partial charge is 0.470 e. The van der Waals surface area contributed by atoms with Crippen LogP contribution in [0.15, 0.2) is 52.6 Å². The summed E-state index contributed by atoms with van der Waals surface area (Å²) in [6.45, 7) is 11.2. The van der Waals surface area contributed by atoms with Crippen molar-refractivity contribution < 1.29 is 4.74 Å². The van der Waals surface area contributed by atoms with Crippen molar-refractivity contribution in [1.29, 1.82) is 0 Å². The number of allylic oxidation sites excluding steroid dienone is 2. The van der Waals surface area contributed by atoms with Gasteiger partial charge in [-0.1, -0.05) is 39.0 Å². The van der Waals surface area contributed by atoms with E-state index in [9.17, 15) is 0 Å². The molecule has 25 heavy (non-hydrogen) atoms. The Labute approximate surface area is 151 Å². The molecule has 2 aliphatic carbocycles. The van der Waals surface area contributed by atoms with Crippen molar-refractivity contribution in [3.05, 3.63) is 47.7 Å². The first-order chi connectivity index (χ1) is 12.1. The molecule has 0 aromatic heterocycles. The molecule has 2 N–H and O–H groups in total. The average Bonchev–Trinajstić information content (AvgIpc) is 2.96. The summed E-state index contributed by atoms with van der Waals surface area (Å²) in [5.41, 5.74) is 10.1. The summed E-state index contributed by atoms with van der Waals surface area (Å²) in [6, 6.07) is 0. The summed E-state index contributed by atoms with van der Waals surface area (Å²) in [5, 5.41) is 2.23. The van der Waals surface area contributed by atoms with Gasteiger partial charge in [0.1, 0.15) is 6.10 Å². The minimum Gasteiger partial charge on any atom is -0.470 e. The van der Waals surface area contributed by atoms with Crippen LogP contribution in [0.2, 0.25) is 0 Å². The molecule has 1 saturated carbocycles. The monoisotopic (exact) mass is 342 g/mol. The minimum atomic E-state index is -0.0117. The molecule has 1 atom stereocenters. The Morgan fingerprint density at radius 1 is 1.48 bits per heavy atom. The van der Waals surface area contributed by atoms with Crippen LogP contribution in [0.1, 0.15) is 46.5 Å². The van der Waals surface area contributed by atoms with E-state index in [4.69, 9.17) is 4.74 Å². The number of fused-ring (bicyclic) bond motifs is 1. The van der Waals surface area contributed by atoms with Crippen molar-refractivity contribution in [2.75, 3.05) is 6.54 Å². The molecule has 0 aromatic rings. The molecule has 3 aliphatic rings. The molecule has 1 aliphatic heterocycles. The maximum absolute atomic E-state index is 6.20. The Morgan fingerprint density at radius 2 is 2.28 bits per heavy atom. The van der Waals surface area contributed by atoms with Gasteiger partial charge in [-0.3, -0.25) is 5.01 Å². The molecule has 1 heterocycles. The van der Waals surface area contributed by atoms with Crippen LogP contribution in [0, 0.1) is 11.8 Å². The lowest BCUT2D eigenvalue weighted by Gasteiger charge is -2.31. The van der Waals surface area contributed by atoms with Crippen molar-refractivity contribution in [1.82, 2.24) is 16.0 Å². The van der Waals surface area contributed by atoms with E-state index in [1.54, 1.807) is 12.3 Å². The highest BCUT2D eigenvalue weighted by atomic mass is 16.5. The van der Waals surface area contributed by atoms with Crippen LogP contribution in [0.3, 0.4) is 0 Å². The van der Waals surface area contributed by atoms with Crippen molar-refractivity contribution >= 4 is 6.21 Å². The van der Waals surface area contributed by atoms with Crippen LogP contribution < -0.4 is 11.0 Å². The normalized spacial score (nSPS) is 24.3. The van der Waals surface area contributed by atoms with Gasteiger partial charge in [-0.2, -0.15) is 0 Å². The lowest BCUT2D eigenvalue weighted by Crippen LogP contribution is -2.39. The Hall–Kier alpha value is -2.01. The van der Waals surface area contributed by atoms with Gasteiger partial charge in [0.25, 0.3) is 0 Å². The summed E-state index contributed by atoms with van der Waals surface area (Å²) in [6.07, 6.45) is 12.7. The van der Waals surface area contributed by atoms with Crippen molar-refractivity contribution in [2.45, 2.75) is 52.6 Å². The van der Waals surface area contributed by atoms with Gasteiger partial charge < -0.3 is 10.2 Å². The van der Waals surface area contributed by atoms with Gasteiger partial charge in [0.05, 0.1) is 11.4 Å². The van der Waals surface area contributed by atoms with E-state index in [1.165, 1.54) is 25.0 Å². The third-order valence-corrected chi connectivity index (χ3v) is 5.22. The Balaban J connectivity index is 1.67. The van der Waals surface area contributed by atoms with Gasteiger partial charge in [-0.25, -0.2) is 4.99 Å². The van der Waals surface area contributed by atoms with Gasteiger partial charge in [-0.05, 0) is 43.3 Å². The molecule has 3 rings (SSSR count).